The maximum absolute atomic E-state index is 7.34. The molecule has 0 atom stereocenters. The lowest BCUT2D eigenvalue weighted by atomic mass is 9.47. The van der Waals surface area contributed by atoms with E-state index in [0.29, 0.717) is 0 Å². The first-order valence-electron chi connectivity index (χ1n) is 25.6. The molecule has 0 spiro atoms. The smallest absolute Gasteiger partial charge is 0.343 e. The third-order valence-corrected chi connectivity index (χ3v) is 18.3. The fourth-order valence-electron chi connectivity index (χ4n) is 12.9. The number of hydrogen-bond donors (Lipinski definition) is 0. The summed E-state index contributed by atoms with van der Waals surface area (Å²) in [7, 11) is 0. The Labute approximate surface area is 415 Å². The SMILES string of the molecule is CC(C)(C)c1ccc(N2B3c4sc5cc6c(cc5c4-n4c5ccc(C(C)(C)C)cc5c5c7oc8ccccc8c7c(c3c54)-c3cc4c(cc32)oc2cc(C(C)(C)C)ccc24)C(C)(C)CCC6(C)C)cc1. The zero-order chi connectivity index (χ0) is 48.5. The maximum atomic E-state index is 7.34. The first-order chi connectivity index (χ1) is 33.1. The summed E-state index contributed by atoms with van der Waals surface area (Å²) in [6, 6.07) is 42.4. The van der Waals surface area contributed by atoms with Crippen molar-refractivity contribution in [2.24, 2.45) is 0 Å². The van der Waals surface area contributed by atoms with Gasteiger partial charge >= 0.3 is 6.85 Å². The van der Waals surface area contributed by atoms with Crippen molar-refractivity contribution in [3.63, 3.8) is 0 Å². The van der Waals surface area contributed by atoms with Crippen molar-refractivity contribution in [3.05, 3.63) is 137 Å². The lowest BCUT2D eigenvalue weighted by molar-refractivity contribution is 0.332. The molecular weight excluding hydrogens is 872 g/mol. The summed E-state index contributed by atoms with van der Waals surface area (Å²) in [6.07, 6.45) is 2.34. The van der Waals surface area contributed by atoms with E-state index < -0.39 is 0 Å². The van der Waals surface area contributed by atoms with Gasteiger partial charge in [0.25, 0.3) is 0 Å². The molecule has 4 aromatic heterocycles. The lowest BCUT2D eigenvalue weighted by Gasteiger charge is -2.42. The van der Waals surface area contributed by atoms with E-state index in [2.05, 4.69) is 209 Å². The normalized spacial score (nSPS) is 16.4. The van der Waals surface area contributed by atoms with E-state index in [0.717, 1.165) is 44.2 Å². The summed E-state index contributed by atoms with van der Waals surface area (Å²) in [5.74, 6) is 0. The van der Waals surface area contributed by atoms with Crippen molar-refractivity contribution < 1.29 is 8.83 Å². The molecule has 6 heteroatoms. The van der Waals surface area contributed by atoms with Crippen LogP contribution in [-0.4, -0.2) is 11.4 Å². The van der Waals surface area contributed by atoms with Crippen LogP contribution in [0.25, 0.3) is 92.6 Å². The lowest BCUT2D eigenvalue weighted by Crippen LogP contribution is -2.59. The largest absolute Gasteiger partial charge is 0.456 e. The van der Waals surface area contributed by atoms with Crippen molar-refractivity contribution >= 4 is 116 Å². The van der Waals surface area contributed by atoms with E-state index in [1.54, 1.807) is 0 Å². The van der Waals surface area contributed by atoms with Crippen molar-refractivity contribution in [1.82, 2.24) is 4.57 Å². The molecule has 2 aliphatic heterocycles. The van der Waals surface area contributed by atoms with Crippen LogP contribution in [0.1, 0.15) is 131 Å². The van der Waals surface area contributed by atoms with Crippen LogP contribution < -0.4 is 15.1 Å². The number of furan rings is 2. The van der Waals surface area contributed by atoms with Crippen LogP contribution in [0.5, 0.6) is 0 Å². The predicted molar refractivity (Wildman–Crippen MR) is 301 cm³/mol. The first kappa shape index (κ1) is 42.6. The number of rotatable bonds is 1. The fraction of sp³-hybridized carbons (Fsp3) is 0.312. The molecule has 3 aliphatic rings. The summed E-state index contributed by atoms with van der Waals surface area (Å²) >= 11 is 2.01. The molecule has 348 valence electrons. The molecule has 7 aromatic carbocycles. The minimum Gasteiger partial charge on any atom is -0.456 e. The van der Waals surface area contributed by atoms with E-state index in [-0.39, 0.29) is 33.9 Å². The van der Waals surface area contributed by atoms with E-state index in [1.807, 2.05) is 11.3 Å². The summed E-state index contributed by atoms with van der Waals surface area (Å²) in [4.78, 5) is 2.69. The van der Waals surface area contributed by atoms with Gasteiger partial charge in [-0.3, -0.25) is 0 Å². The molecule has 11 aromatic rings. The molecule has 0 fully saturated rings. The van der Waals surface area contributed by atoms with Gasteiger partial charge in [0.15, 0.2) is 0 Å². The van der Waals surface area contributed by atoms with Crippen LogP contribution in [0, 0.1) is 0 Å². The van der Waals surface area contributed by atoms with E-state index in [4.69, 9.17) is 8.83 Å². The Morgan fingerprint density at radius 2 is 1.20 bits per heavy atom. The predicted octanol–water partition coefficient (Wildman–Crippen LogP) is 17.3. The van der Waals surface area contributed by atoms with Gasteiger partial charge < -0.3 is 18.2 Å². The van der Waals surface area contributed by atoms with Gasteiger partial charge in [0, 0.05) is 64.8 Å². The van der Waals surface area contributed by atoms with Crippen LogP contribution in [0.4, 0.5) is 11.4 Å². The van der Waals surface area contributed by atoms with Crippen LogP contribution in [0.15, 0.2) is 118 Å². The van der Waals surface area contributed by atoms with Gasteiger partial charge in [-0.25, -0.2) is 0 Å². The van der Waals surface area contributed by atoms with E-state index in [9.17, 15) is 0 Å². The molecule has 0 radical (unpaired) electrons. The Kier molecular flexibility index (Phi) is 8.15. The number of nitrogens with zero attached hydrogens (tertiary/aromatic N) is 2. The van der Waals surface area contributed by atoms with Gasteiger partial charge in [0.1, 0.15) is 22.3 Å². The van der Waals surface area contributed by atoms with Crippen LogP contribution in [0.2, 0.25) is 0 Å². The third-order valence-electron chi connectivity index (χ3n) is 17.1. The second-order valence-corrected chi connectivity index (χ2v) is 26.7. The molecule has 0 saturated heterocycles. The number of fused-ring (bicyclic) bond motifs is 19. The molecular formula is C64H61BN2O2S. The number of hydrogen-bond acceptors (Lipinski definition) is 4. The summed E-state index contributed by atoms with van der Waals surface area (Å²) in [5.41, 5.74) is 20.6. The highest BCUT2D eigenvalue weighted by Gasteiger charge is 2.49. The molecule has 0 unspecified atom stereocenters. The topological polar surface area (TPSA) is 34.5 Å². The summed E-state index contributed by atoms with van der Waals surface area (Å²) in [6.45, 7) is 30.5. The van der Waals surface area contributed by atoms with Gasteiger partial charge in [0.2, 0.25) is 0 Å². The minimum atomic E-state index is -0.151. The zero-order valence-electron chi connectivity index (χ0n) is 43.0. The molecule has 4 nitrogen and oxygen atoms in total. The zero-order valence-corrected chi connectivity index (χ0v) is 43.8. The van der Waals surface area contributed by atoms with Gasteiger partial charge in [0.05, 0.1) is 22.1 Å². The summed E-state index contributed by atoms with van der Waals surface area (Å²) in [5, 5.41) is 8.41. The van der Waals surface area contributed by atoms with Gasteiger partial charge in [-0.2, -0.15) is 0 Å². The average molecular weight is 933 g/mol. The van der Waals surface area contributed by atoms with E-state index >= 15 is 0 Å². The second-order valence-electron chi connectivity index (χ2n) is 25.6. The number of benzene rings is 7. The molecule has 0 saturated carbocycles. The van der Waals surface area contributed by atoms with Crippen LogP contribution >= 0.6 is 11.3 Å². The van der Waals surface area contributed by atoms with E-state index in [1.165, 1.54) is 111 Å². The minimum absolute atomic E-state index is 0.00832. The Balaban J connectivity index is 1.22. The molecule has 70 heavy (non-hydrogen) atoms. The Bertz CT molecular complexity index is 4130. The van der Waals surface area contributed by atoms with Gasteiger partial charge in [-0.15, -0.1) is 11.3 Å². The maximum Gasteiger partial charge on any atom is 0.343 e. The molecule has 0 N–H and O–H groups in total. The Morgan fingerprint density at radius 3 is 1.91 bits per heavy atom. The fourth-order valence-corrected chi connectivity index (χ4v) is 14.2. The van der Waals surface area contributed by atoms with Crippen LogP contribution in [-0.2, 0) is 27.1 Å². The van der Waals surface area contributed by atoms with Crippen molar-refractivity contribution in [2.45, 2.75) is 130 Å². The standard InChI is InChI=1S/C64H61BN2O2S/c1-60(2,3)34-18-22-37(23-19-34)67-47-33-50-40(38-24-20-36(62(7,8)9)29-49(38)68-50)30-42(47)52-53-39-16-14-15-17-48(39)69-58(53)54-41-28-35(61(4,5)6)21-25-46(41)66-56-43-31-44-45(64(12,13)27-26-63(44,10)11)32-51(43)70-59(56)65(67)55(52)57(54)66/h14-25,28-33H,26-27H2,1-13H3. The Morgan fingerprint density at radius 1 is 0.557 bits per heavy atom. The Hall–Kier alpha value is -6.24. The van der Waals surface area contributed by atoms with Crippen molar-refractivity contribution in [2.75, 3.05) is 4.81 Å². The van der Waals surface area contributed by atoms with Gasteiger partial charge in [-0.1, -0.05) is 139 Å². The highest BCUT2D eigenvalue weighted by molar-refractivity contribution is 7.32. The number of anilines is 2. The quantitative estimate of drug-likeness (QED) is 0.154. The van der Waals surface area contributed by atoms with Crippen molar-refractivity contribution in [1.29, 1.82) is 0 Å². The third kappa shape index (κ3) is 5.60. The monoisotopic (exact) mass is 932 g/mol. The van der Waals surface area contributed by atoms with Crippen molar-refractivity contribution in [3.8, 4) is 16.8 Å². The number of para-hydroxylation sites is 1. The van der Waals surface area contributed by atoms with Gasteiger partial charge in [-0.05, 0) is 133 Å². The molecule has 1 aliphatic carbocycles. The van der Waals surface area contributed by atoms with Crippen LogP contribution in [0.3, 0.4) is 0 Å². The first-order valence-corrected chi connectivity index (χ1v) is 26.4. The highest BCUT2D eigenvalue weighted by atomic mass is 32.1. The molecule has 0 bridgehead atoms. The second kappa shape index (κ2) is 13.4. The molecule has 0 amide bonds. The highest BCUT2D eigenvalue weighted by Crippen LogP contribution is 2.55. The molecule has 6 heterocycles. The molecule has 14 rings (SSSR count). The number of thiophene rings is 1. The summed E-state index contributed by atoms with van der Waals surface area (Å²) < 4.78 is 19.8. The number of aromatic nitrogens is 1. The average Bonchev–Trinajstić information content (AvgIpc) is 4.06.